The van der Waals surface area contributed by atoms with Crippen LogP contribution in [0.3, 0.4) is 0 Å². The molecule has 2 rings (SSSR count). The lowest BCUT2D eigenvalue weighted by atomic mass is 10.1. The van der Waals surface area contributed by atoms with Gasteiger partial charge in [-0.25, -0.2) is 0 Å². The first-order valence-corrected chi connectivity index (χ1v) is 7.70. The number of carbonyl (C=O) groups is 1. The van der Waals surface area contributed by atoms with Crippen molar-refractivity contribution in [3.63, 3.8) is 0 Å². The molecule has 0 bridgehead atoms. The predicted octanol–water partition coefficient (Wildman–Crippen LogP) is 3.24. The van der Waals surface area contributed by atoms with E-state index in [1.165, 1.54) is 6.07 Å². The number of hydrogen-bond donors (Lipinski definition) is 1. The van der Waals surface area contributed by atoms with Crippen molar-refractivity contribution in [2.24, 2.45) is 0 Å². The minimum absolute atomic E-state index is 0.0520. The summed E-state index contributed by atoms with van der Waals surface area (Å²) >= 11 is 0. The van der Waals surface area contributed by atoms with Crippen molar-refractivity contribution in [2.45, 2.75) is 6.18 Å². The van der Waals surface area contributed by atoms with E-state index in [0.29, 0.717) is 6.07 Å². The molecule has 1 amide bonds. The topological polar surface area (TPSA) is 128 Å². The summed E-state index contributed by atoms with van der Waals surface area (Å²) in [6, 6.07) is 7.26. The maximum absolute atomic E-state index is 12.8. The van der Waals surface area contributed by atoms with E-state index in [-0.39, 0.29) is 17.0 Å². The smallest absolute Gasteiger partial charge is 0.416 e. The number of ether oxygens (including phenoxy) is 1. The first kappa shape index (κ1) is 21.2. The van der Waals surface area contributed by atoms with Crippen LogP contribution in [0.5, 0.6) is 11.5 Å². The Hall–Kier alpha value is -4.07. The summed E-state index contributed by atoms with van der Waals surface area (Å²) in [5, 5.41) is 34.1. The zero-order valence-corrected chi connectivity index (χ0v) is 14.6. The first-order chi connectivity index (χ1) is 13.6. The molecule has 0 saturated heterocycles. The molecular weight excluding hydrogens is 395 g/mol. The van der Waals surface area contributed by atoms with E-state index in [9.17, 15) is 38.4 Å². The third-order valence-electron chi connectivity index (χ3n) is 3.60. The van der Waals surface area contributed by atoms with Crippen molar-refractivity contribution in [1.82, 2.24) is 0 Å². The summed E-state index contributed by atoms with van der Waals surface area (Å²) in [6.07, 6.45) is -3.68. The average molecular weight is 406 g/mol. The molecule has 0 spiro atoms. The van der Waals surface area contributed by atoms with Gasteiger partial charge < -0.3 is 15.2 Å². The van der Waals surface area contributed by atoms with Crippen LogP contribution in [0.4, 0.5) is 24.5 Å². The zero-order valence-electron chi connectivity index (χ0n) is 14.6. The molecule has 0 aliphatic rings. The number of carbonyl (C=O) groups excluding carboxylic acids is 1. The van der Waals surface area contributed by atoms with Crippen LogP contribution in [0.15, 0.2) is 42.0 Å². The SMILES string of the molecule is COc1cc(/C=C(\C#N)C(=O)Nc2cccc(C(F)(F)F)c2)cc([N+](=O)[O-])c1[O-]. The van der Waals surface area contributed by atoms with Crippen LogP contribution < -0.4 is 15.2 Å². The number of nitrogens with one attached hydrogen (secondary N) is 1. The fourth-order valence-electron chi connectivity index (χ4n) is 2.27. The molecule has 29 heavy (non-hydrogen) atoms. The van der Waals surface area contributed by atoms with Gasteiger partial charge in [0.25, 0.3) is 11.6 Å². The highest BCUT2D eigenvalue weighted by molar-refractivity contribution is 6.09. The molecule has 2 aromatic carbocycles. The zero-order chi connectivity index (χ0) is 21.8. The second-order valence-corrected chi connectivity index (χ2v) is 5.53. The van der Waals surface area contributed by atoms with Gasteiger partial charge in [0.15, 0.2) is 0 Å². The number of benzene rings is 2. The molecule has 0 atom stereocenters. The van der Waals surface area contributed by atoms with Gasteiger partial charge in [-0.3, -0.25) is 14.9 Å². The number of nitro benzene ring substituents is 1. The van der Waals surface area contributed by atoms with Gasteiger partial charge in [-0.05, 0) is 35.9 Å². The second kappa shape index (κ2) is 8.30. The molecule has 8 nitrogen and oxygen atoms in total. The normalized spacial score (nSPS) is 11.5. The van der Waals surface area contributed by atoms with Gasteiger partial charge >= 0.3 is 6.18 Å². The Morgan fingerprint density at radius 1 is 1.31 bits per heavy atom. The highest BCUT2D eigenvalue weighted by atomic mass is 19.4. The lowest BCUT2D eigenvalue weighted by molar-refractivity contribution is -0.398. The van der Waals surface area contributed by atoms with Crippen LogP contribution in [0.2, 0.25) is 0 Å². The van der Waals surface area contributed by atoms with Crippen LogP contribution in [0.25, 0.3) is 6.08 Å². The fraction of sp³-hybridized carbons (Fsp3) is 0.111. The van der Waals surface area contributed by atoms with Crippen molar-refractivity contribution < 1.29 is 32.7 Å². The molecule has 0 aliphatic carbocycles. The van der Waals surface area contributed by atoms with Gasteiger partial charge in [-0.1, -0.05) is 6.07 Å². The minimum Gasteiger partial charge on any atom is -0.865 e. The Labute approximate surface area is 161 Å². The number of alkyl halides is 3. The number of rotatable bonds is 5. The van der Waals surface area contributed by atoms with E-state index in [4.69, 9.17) is 4.74 Å². The lowest BCUT2D eigenvalue weighted by Crippen LogP contribution is -2.14. The van der Waals surface area contributed by atoms with E-state index in [0.717, 1.165) is 37.5 Å². The van der Waals surface area contributed by atoms with Crippen molar-refractivity contribution in [2.75, 3.05) is 12.4 Å². The standard InChI is InChI=1S/C18H12F3N3O5/c1-29-15-7-10(6-14(16(15)25)24(27)28)5-11(9-22)17(26)23-13-4-2-3-12(8-13)18(19,20)21/h2-8,25H,1H3,(H,23,26)/p-1/b11-5+. The van der Waals surface area contributed by atoms with Gasteiger partial charge in [-0.2, -0.15) is 18.4 Å². The predicted molar refractivity (Wildman–Crippen MR) is 92.8 cm³/mol. The van der Waals surface area contributed by atoms with Crippen molar-refractivity contribution >= 4 is 23.4 Å². The lowest BCUT2D eigenvalue weighted by Gasteiger charge is -2.13. The molecule has 1 N–H and O–H groups in total. The largest absolute Gasteiger partial charge is 0.865 e. The highest BCUT2D eigenvalue weighted by Gasteiger charge is 2.30. The molecule has 0 heterocycles. The van der Waals surface area contributed by atoms with Gasteiger partial charge in [0.05, 0.1) is 17.6 Å². The van der Waals surface area contributed by atoms with Crippen molar-refractivity contribution in [3.05, 3.63) is 63.2 Å². The van der Waals surface area contributed by atoms with E-state index < -0.39 is 39.6 Å². The van der Waals surface area contributed by atoms with Gasteiger partial charge in [0, 0.05) is 17.5 Å². The Morgan fingerprint density at radius 3 is 2.55 bits per heavy atom. The summed E-state index contributed by atoms with van der Waals surface area (Å²) in [5.74, 6) is -2.40. The quantitative estimate of drug-likeness (QED) is 0.351. The number of halogens is 3. The number of nitriles is 1. The van der Waals surface area contributed by atoms with E-state index >= 15 is 0 Å². The maximum Gasteiger partial charge on any atom is 0.416 e. The summed E-state index contributed by atoms with van der Waals surface area (Å²) in [5.41, 5.74) is -2.64. The number of methoxy groups -OCH3 is 1. The molecule has 0 unspecified atom stereocenters. The fourth-order valence-corrected chi connectivity index (χ4v) is 2.27. The molecule has 11 heteroatoms. The number of nitro groups is 1. The minimum atomic E-state index is -4.62. The molecule has 0 radical (unpaired) electrons. The highest BCUT2D eigenvalue weighted by Crippen LogP contribution is 2.35. The number of nitrogens with zero attached hydrogens (tertiary/aromatic N) is 2. The van der Waals surface area contributed by atoms with Crippen molar-refractivity contribution in [1.29, 1.82) is 5.26 Å². The Kier molecular flexibility index (Phi) is 6.08. The first-order valence-electron chi connectivity index (χ1n) is 7.70. The van der Waals surface area contributed by atoms with Gasteiger partial charge in [0.2, 0.25) is 0 Å². The number of hydrogen-bond acceptors (Lipinski definition) is 6. The molecule has 0 aliphatic heterocycles. The molecular formula is C18H11F3N3O5-. The van der Waals surface area contributed by atoms with E-state index in [1.54, 1.807) is 6.07 Å². The Morgan fingerprint density at radius 2 is 2.00 bits per heavy atom. The van der Waals surface area contributed by atoms with Crippen LogP contribution in [0, 0.1) is 21.4 Å². The number of anilines is 1. The van der Waals surface area contributed by atoms with Gasteiger partial charge in [0.1, 0.15) is 17.4 Å². The molecule has 0 saturated carbocycles. The Bertz CT molecular complexity index is 1040. The van der Waals surface area contributed by atoms with Crippen LogP contribution in [-0.4, -0.2) is 17.9 Å². The summed E-state index contributed by atoms with van der Waals surface area (Å²) < 4.78 is 43.0. The summed E-state index contributed by atoms with van der Waals surface area (Å²) in [7, 11) is 1.11. The monoisotopic (exact) mass is 406 g/mol. The average Bonchev–Trinajstić information content (AvgIpc) is 2.66. The maximum atomic E-state index is 12.8. The third-order valence-corrected chi connectivity index (χ3v) is 3.60. The van der Waals surface area contributed by atoms with E-state index in [2.05, 4.69) is 5.32 Å². The number of amides is 1. The van der Waals surface area contributed by atoms with Crippen LogP contribution >= 0.6 is 0 Å². The summed E-state index contributed by atoms with van der Waals surface area (Å²) in [6.45, 7) is 0. The van der Waals surface area contributed by atoms with Gasteiger partial charge in [-0.15, -0.1) is 0 Å². The van der Waals surface area contributed by atoms with Crippen LogP contribution in [0.1, 0.15) is 11.1 Å². The van der Waals surface area contributed by atoms with E-state index in [1.807, 2.05) is 0 Å². The molecule has 0 fully saturated rings. The molecule has 2 aromatic rings. The van der Waals surface area contributed by atoms with Crippen molar-refractivity contribution in [3.8, 4) is 17.6 Å². The summed E-state index contributed by atoms with van der Waals surface area (Å²) in [4.78, 5) is 22.3. The second-order valence-electron chi connectivity index (χ2n) is 5.53. The molecule has 0 aromatic heterocycles. The van der Waals surface area contributed by atoms with Crippen LogP contribution in [-0.2, 0) is 11.0 Å². The molecule has 150 valence electrons. The Balaban J connectivity index is 2.38. The third kappa shape index (κ3) is 5.01.